The first-order valence-corrected chi connectivity index (χ1v) is 42.8. The average Bonchev–Trinajstić information content (AvgIpc) is 3.84. The summed E-state index contributed by atoms with van der Waals surface area (Å²) in [6, 6.07) is 36.3. The molecule has 0 fully saturated rings. The van der Waals surface area contributed by atoms with Gasteiger partial charge in [0.25, 0.3) is 0 Å². The molecule has 46 heavy (non-hydrogen) atoms. The molecule has 0 heterocycles. The normalized spacial score (nSPS) is 20.3. The van der Waals surface area contributed by atoms with Crippen molar-refractivity contribution in [3.63, 3.8) is 0 Å². The second-order valence-electron chi connectivity index (χ2n) is 13.2. The van der Waals surface area contributed by atoms with Crippen molar-refractivity contribution in [3.8, 4) is 0 Å². The summed E-state index contributed by atoms with van der Waals surface area (Å²) in [4.78, 5) is 0. The number of rotatable bonds is 6. The third-order valence-electron chi connectivity index (χ3n) is 9.97. The second-order valence-corrected chi connectivity index (χ2v) is 69.7. The van der Waals surface area contributed by atoms with Crippen LogP contribution in [0, 0.1) is 0 Å². The molecule has 4 aliphatic carbocycles. The zero-order chi connectivity index (χ0) is 30.2. The van der Waals surface area contributed by atoms with E-state index in [4.69, 9.17) is 0 Å². The van der Waals surface area contributed by atoms with Gasteiger partial charge in [-0.05, 0) is 0 Å². The van der Waals surface area contributed by atoms with Gasteiger partial charge in [0.05, 0.1) is 0 Å². The van der Waals surface area contributed by atoms with Crippen LogP contribution in [0.1, 0.15) is 59.2 Å². The molecule has 0 nitrogen and oxygen atoms in total. The molecule has 4 aromatic rings. The molecular formula is C40H42F2Hf2Si2. The van der Waals surface area contributed by atoms with Gasteiger partial charge in [0.1, 0.15) is 0 Å². The number of allylic oxidation sites excluding steroid dienone is 4. The van der Waals surface area contributed by atoms with Crippen molar-refractivity contribution in [3.05, 3.63) is 166 Å². The fraction of sp³-hybridized carbons (Fsp3) is 0.200. The molecule has 0 aromatic heterocycles. The Balaban J connectivity index is 0.000000174. The molecule has 0 radical (unpaired) electrons. The minimum Gasteiger partial charge on any atom is -1.00 e. The zero-order valence-electron chi connectivity index (χ0n) is 27.1. The van der Waals surface area contributed by atoms with Crippen LogP contribution < -0.4 is 9.41 Å². The fourth-order valence-corrected chi connectivity index (χ4v) is 67.6. The standard InChI is InChI=1S/4C9H7.2C2H7Si.2FH.2Hf/c4*1-2-5-9-7-3-6-8(9)4-1;2*1-3-2;;;;/h4*1-7H;2*3H,1-2H3;2*1H;;/q;;;;;;;;2*+1/p-2. The van der Waals surface area contributed by atoms with Crippen molar-refractivity contribution >= 4 is 36.3 Å². The quantitative estimate of drug-likeness (QED) is 0.254. The summed E-state index contributed by atoms with van der Waals surface area (Å²) in [6.07, 6.45) is 19.7. The van der Waals surface area contributed by atoms with E-state index in [9.17, 15) is 0 Å². The van der Waals surface area contributed by atoms with E-state index in [0.717, 1.165) is 14.7 Å². The van der Waals surface area contributed by atoms with E-state index in [0.29, 0.717) is 0 Å². The van der Waals surface area contributed by atoms with Gasteiger partial charge in [-0.15, -0.1) is 0 Å². The zero-order valence-corrected chi connectivity index (χ0v) is 36.6. The maximum atomic E-state index is 2.60. The van der Waals surface area contributed by atoms with E-state index in [1.165, 1.54) is 22.3 Å². The summed E-state index contributed by atoms with van der Waals surface area (Å²) in [6.45, 7) is 10.4. The van der Waals surface area contributed by atoms with Crippen LogP contribution in [-0.4, -0.2) is 12.0 Å². The average molecular weight is 974 g/mol. The Morgan fingerprint density at radius 2 is 0.587 bits per heavy atom. The molecule has 0 spiro atoms. The molecule has 4 aliphatic rings. The predicted molar refractivity (Wildman–Crippen MR) is 191 cm³/mol. The third kappa shape index (κ3) is 6.74. The molecule has 0 amide bonds. The first kappa shape index (κ1) is 35.2. The number of halogens is 2. The van der Waals surface area contributed by atoms with Crippen LogP contribution in [0.25, 0.3) is 24.3 Å². The van der Waals surface area contributed by atoms with Gasteiger partial charge in [0.2, 0.25) is 0 Å². The van der Waals surface area contributed by atoms with E-state index in [-0.39, 0.29) is 9.41 Å². The topological polar surface area (TPSA) is 0 Å². The predicted octanol–water partition coefficient (Wildman–Crippen LogP) is 4.26. The molecule has 0 N–H and O–H groups in total. The summed E-state index contributed by atoms with van der Waals surface area (Å²) in [7, 11) is 0. The first-order valence-electron chi connectivity index (χ1n) is 16.3. The van der Waals surface area contributed by atoms with Crippen molar-refractivity contribution in [2.45, 2.75) is 40.9 Å². The van der Waals surface area contributed by atoms with Gasteiger partial charge in [-0.1, -0.05) is 0 Å². The minimum absolute atomic E-state index is 0. The van der Waals surface area contributed by atoms with Crippen LogP contribution in [-0.2, 0) is 41.2 Å². The van der Waals surface area contributed by atoms with E-state index in [1.54, 1.807) is 22.3 Å². The van der Waals surface area contributed by atoms with Crippen molar-refractivity contribution in [1.82, 2.24) is 0 Å². The van der Waals surface area contributed by atoms with Gasteiger partial charge in [0.15, 0.2) is 0 Å². The summed E-state index contributed by atoms with van der Waals surface area (Å²) < 4.78 is 3.20. The van der Waals surface area contributed by atoms with Crippen molar-refractivity contribution in [2.24, 2.45) is 0 Å². The third-order valence-corrected chi connectivity index (χ3v) is 70.7. The Morgan fingerprint density at radius 1 is 0.370 bits per heavy atom. The van der Waals surface area contributed by atoms with E-state index < -0.39 is 53.2 Å². The number of benzene rings is 4. The smallest absolute Gasteiger partial charge is 1.00 e. The number of hydrogen-bond donors (Lipinski definition) is 0. The van der Waals surface area contributed by atoms with Crippen molar-refractivity contribution in [2.75, 3.05) is 0 Å². The summed E-state index contributed by atoms with van der Waals surface area (Å²) in [5, 5.41) is 0. The Morgan fingerprint density at radius 3 is 0.804 bits per heavy atom. The molecule has 0 bridgehead atoms. The number of hydrogen-bond acceptors (Lipinski definition) is 0. The van der Waals surface area contributed by atoms with Crippen LogP contribution in [0.2, 0.25) is 26.2 Å². The van der Waals surface area contributed by atoms with Gasteiger partial charge < -0.3 is 9.41 Å². The summed E-state index contributed by atoms with van der Waals surface area (Å²) in [5.41, 5.74) is 12.4. The number of fused-ring (bicyclic) bond motifs is 4. The minimum atomic E-state index is -1.81. The van der Waals surface area contributed by atoms with Crippen LogP contribution in [0.5, 0.6) is 0 Å². The van der Waals surface area contributed by atoms with Crippen LogP contribution in [0.3, 0.4) is 0 Å². The SMILES string of the molecule is C[SiH](C)[Hf+]([CH]1C=Cc2ccccc21)[CH]1C=Cc2ccccc21.C[SiH](C)[Hf+]([CH]1C=Cc2ccccc21)[CH]1C=Cc2ccccc21.[F-].[F-]. The molecule has 0 saturated carbocycles. The molecule has 4 unspecified atom stereocenters. The van der Waals surface area contributed by atoms with Gasteiger partial charge in [-0.3, -0.25) is 0 Å². The molecule has 4 atom stereocenters. The maximum absolute atomic E-state index is 2.60. The van der Waals surface area contributed by atoms with Crippen LogP contribution in [0.15, 0.2) is 121 Å². The van der Waals surface area contributed by atoms with E-state index in [2.05, 4.69) is 172 Å². The van der Waals surface area contributed by atoms with Gasteiger partial charge in [-0.2, -0.15) is 0 Å². The van der Waals surface area contributed by atoms with Crippen LogP contribution in [0.4, 0.5) is 0 Å². The monoisotopic (exact) mass is 976 g/mol. The summed E-state index contributed by atoms with van der Waals surface area (Å²) in [5.74, 6) is -1.20. The van der Waals surface area contributed by atoms with Crippen LogP contribution >= 0.6 is 0 Å². The molecule has 0 aliphatic heterocycles. The molecule has 0 saturated heterocycles. The maximum Gasteiger partial charge on any atom is -1.00 e. The molecule has 6 heteroatoms. The van der Waals surface area contributed by atoms with Crippen molar-refractivity contribution < 1.29 is 50.6 Å². The van der Waals surface area contributed by atoms with E-state index >= 15 is 0 Å². The summed E-state index contributed by atoms with van der Waals surface area (Å²) >= 11 is -3.62. The Labute approximate surface area is 291 Å². The van der Waals surface area contributed by atoms with E-state index in [1.807, 2.05) is 0 Å². The van der Waals surface area contributed by atoms with Gasteiger partial charge >= 0.3 is 284 Å². The molecular weight excluding hydrogens is 932 g/mol. The van der Waals surface area contributed by atoms with Gasteiger partial charge in [0, 0.05) is 0 Å². The van der Waals surface area contributed by atoms with Crippen molar-refractivity contribution in [1.29, 1.82) is 0 Å². The first-order chi connectivity index (χ1) is 21.5. The Bertz CT molecular complexity index is 1540. The molecule has 8 rings (SSSR count). The largest absolute Gasteiger partial charge is 1.00 e. The molecule has 232 valence electrons. The molecule has 4 aromatic carbocycles. The fourth-order valence-electron chi connectivity index (χ4n) is 7.98. The van der Waals surface area contributed by atoms with Gasteiger partial charge in [-0.25, -0.2) is 0 Å². The second kappa shape index (κ2) is 15.4. The Kier molecular flexibility index (Phi) is 11.8. The Hall–Kier alpha value is -2.13.